The van der Waals surface area contributed by atoms with Crippen molar-refractivity contribution >= 4 is 34.3 Å². The summed E-state index contributed by atoms with van der Waals surface area (Å²) in [6.07, 6.45) is -1.62. The summed E-state index contributed by atoms with van der Waals surface area (Å²) >= 11 is 0. The van der Waals surface area contributed by atoms with E-state index in [1.807, 2.05) is 0 Å². The minimum Gasteiger partial charge on any atom is -0.423 e. The van der Waals surface area contributed by atoms with Gasteiger partial charge in [0.05, 0.1) is 17.3 Å². The van der Waals surface area contributed by atoms with Crippen LogP contribution in [0.5, 0.6) is 0 Å². The third-order valence-corrected chi connectivity index (χ3v) is 4.84. The summed E-state index contributed by atoms with van der Waals surface area (Å²) in [7, 11) is -2.23. The fraction of sp³-hybridized carbons (Fsp3) is 0.353. The Morgan fingerprint density at radius 2 is 2.00 bits per heavy atom. The summed E-state index contributed by atoms with van der Waals surface area (Å²) in [5.41, 5.74) is -1.54. The maximum Gasteiger partial charge on any atom is 0.489 e. The van der Waals surface area contributed by atoms with Crippen LogP contribution >= 0.6 is 0 Å². The number of ether oxygens (including phenoxy) is 1. The number of hydrogen-bond acceptors (Lipinski definition) is 4. The van der Waals surface area contributed by atoms with Crippen LogP contribution in [0.2, 0.25) is 0 Å². The Morgan fingerprint density at radius 3 is 2.63 bits per heavy atom. The first-order valence-corrected chi connectivity index (χ1v) is 8.46. The van der Waals surface area contributed by atoms with Gasteiger partial charge in [-0.05, 0) is 42.2 Å². The molecule has 4 rings (SSSR count). The van der Waals surface area contributed by atoms with Gasteiger partial charge in [0.15, 0.2) is 6.23 Å². The van der Waals surface area contributed by atoms with E-state index < -0.39 is 35.5 Å². The minimum absolute atomic E-state index is 0.0388. The van der Waals surface area contributed by atoms with Crippen molar-refractivity contribution in [2.45, 2.75) is 31.7 Å². The lowest BCUT2D eigenvalue weighted by Crippen LogP contribution is -2.33. The molecule has 1 atom stereocenters. The quantitative estimate of drug-likeness (QED) is 0.529. The molecule has 10 heteroatoms. The summed E-state index contributed by atoms with van der Waals surface area (Å²) in [5, 5.41) is 23.4. The number of benzene rings is 2. The molecule has 0 amide bonds. The van der Waals surface area contributed by atoms with Crippen LogP contribution in [0.1, 0.15) is 31.1 Å². The van der Waals surface area contributed by atoms with Crippen LogP contribution in [-0.2, 0) is 10.9 Å². The zero-order chi connectivity index (χ0) is 19.3. The molecule has 0 aliphatic carbocycles. The van der Waals surface area contributed by atoms with Gasteiger partial charge in [0, 0.05) is 17.5 Å². The molecule has 1 unspecified atom stereocenters. The lowest BCUT2D eigenvalue weighted by molar-refractivity contribution is -0.138. The highest BCUT2D eigenvalue weighted by atomic mass is 19.4. The van der Waals surface area contributed by atoms with E-state index in [0.29, 0.717) is 18.5 Å². The minimum atomic E-state index is -5.00. The van der Waals surface area contributed by atoms with Gasteiger partial charge >= 0.3 is 13.3 Å². The number of alkyl halides is 3. The molecule has 1 saturated heterocycles. The van der Waals surface area contributed by atoms with E-state index in [1.54, 1.807) is 0 Å². The smallest absolute Gasteiger partial charge is 0.423 e. The maximum atomic E-state index is 14.0. The predicted octanol–water partition coefficient (Wildman–Crippen LogP) is 2.73. The van der Waals surface area contributed by atoms with Gasteiger partial charge in [0.1, 0.15) is 5.82 Å². The van der Waals surface area contributed by atoms with Crippen LogP contribution in [0.25, 0.3) is 21.7 Å². The van der Waals surface area contributed by atoms with E-state index in [2.05, 4.69) is 5.10 Å². The Balaban J connectivity index is 2.07. The van der Waals surface area contributed by atoms with Crippen LogP contribution < -0.4 is 5.46 Å². The molecule has 27 heavy (non-hydrogen) atoms. The summed E-state index contributed by atoms with van der Waals surface area (Å²) in [4.78, 5) is 0. The fourth-order valence-corrected chi connectivity index (χ4v) is 3.70. The SMILES string of the molecule is OB(O)c1c2cnn(C3CCCCO3)c2cc2ccc(F)c(C(F)(F)F)c12. The first-order chi connectivity index (χ1) is 12.8. The molecule has 2 aromatic carbocycles. The van der Waals surface area contributed by atoms with E-state index >= 15 is 0 Å². The van der Waals surface area contributed by atoms with Crippen molar-refractivity contribution in [1.29, 1.82) is 0 Å². The number of nitrogens with zero attached hydrogens (tertiary/aromatic N) is 2. The molecule has 2 heterocycles. The second kappa shape index (κ2) is 6.47. The highest BCUT2D eigenvalue weighted by Gasteiger charge is 2.39. The van der Waals surface area contributed by atoms with Crippen molar-refractivity contribution in [3.63, 3.8) is 0 Å². The Kier molecular flexibility index (Phi) is 4.36. The first kappa shape index (κ1) is 18.2. The molecular formula is C17H15BF4N2O3. The van der Waals surface area contributed by atoms with Gasteiger partial charge in [-0.2, -0.15) is 18.3 Å². The van der Waals surface area contributed by atoms with E-state index in [-0.39, 0.29) is 17.0 Å². The second-order valence-electron chi connectivity index (χ2n) is 6.53. The number of halogens is 4. The molecule has 0 bridgehead atoms. The second-order valence-corrected chi connectivity index (χ2v) is 6.53. The lowest BCUT2D eigenvalue weighted by atomic mass is 9.74. The summed E-state index contributed by atoms with van der Waals surface area (Å²) in [6, 6.07) is 3.35. The standard InChI is InChI=1S/C17H15BF4N2O3/c19-11-5-4-9-7-12-10(8-23-24(12)13-3-1-2-6-27-13)16(18(25)26)14(9)15(11)17(20,21)22/h4-5,7-8,13,25-26H,1-3,6H2. The average molecular weight is 382 g/mol. The third-order valence-electron chi connectivity index (χ3n) is 4.84. The molecule has 2 N–H and O–H groups in total. The van der Waals surface area contributed by atoms with Gasteiger partial charge in [-0.25, -0.2) is 9.07 Å². The van der Waals surface area contributed by atoms with Crippen LogP contribution in [-0.4, -0.2) is 33.6 Å². The van der Waals surface area contributed by atoms with Crippen molar-refractivity contribution in [2.24, 2.45) is 0 Å². The van der Waals surface area contributed by atoms with Gasteiger partial charge in [-0.15, -0.1) is 0 Å². The van der Waals surface area contributed by atoms with E-state index in [0.717, 1.165) is 18.9 Å². The van der Waals surface area contributed by atoms with Gasteiger partial charge in [0.25, 0.3) is 0 Å². The topological polar surface area (TPSA) is 67.5 Å². The van der Waals surface area contributed by atoms with Crippen molar-refractivity contribution < 1.29 is 32.3 Å². The number of aromatic nitrogens is 2. The molecule has 1 aliphatic heterocycles. The molecule has 0 radical (unpaired) electrons. The molecular weight excluding hydrogens is 367 g/mol. The molecule has 1 fully saturated rings. The molecule has 0 spiro atoms. The van der Waals surface area contributed by atoms with Crippen LogP contribution in [0, 0.1) is 5.82 Å². The molecule has 142 valence electrons. The Bertz CT molecular complexity index is 1010. The normalized spacial score (nSPS) is 18.4. The van der Waals surface area contributed by atoms with Crippen LogP contribution in [0.15, 0.2) is 24.4 Å². The summed E-state index contributed by atoms with van der Waals surface area (Å²) in [6.45, 7) is 0.540. The van der Waals surface area contributed by atoms with Crippen molar-refractivity contribution in [3.8, 4) is 0 Å². The molecule has 1 aliphatic rings. The lowest BCUT2D eigenvalue weighted by Gasteiger charge is -2.24. The number of hydrogen-bond donors (Lipinski definition) is 2. The largest absolute Gasteiger partial charge is 0.489 e. The molecule has 0 saturated carbocycles. The van der Waals surface area contributed by atoms with E-state index in [1.165, 1.54) is 23.0 Å². The van der Waals surface area contributed by atoms with E-state index in [9.17, 15) is 27.6 Å². The fourth-order valence-electron chi connectivity index (χ4n) is 3.70. The van der Waals surface area contributed by atoms with Gasteiger partial charge < -0.3 is 14.8 Å². The van der Waals surface area contributed by atoms with Crippen molar-refractivity contribution in [2.75, 3.05) is 6.61 Å². The Hall–Kier alpha value is -2.17. The van der Waals surface area contributed by atoms with Gasteiger partial charge in [-0.3, -0.25) is 0 Å². The van der Waals surface area contributed by atoms with Crippen LogP contribution in [0.4, 0.5) is 17.6 Å². The number of rotatable bonds is 2. The Morgan fingerprint density at radius 1 is 1.22 bits per heavy atom. The van der Waals surface area contributed by atoms with Gasteiger partial charge in [-0.1, -0.05) is 6.07 Å². The van der Waals surface area contributed by atoms with Crippen molar-refractivity contribution in [3.05, 3.63) is 35.8 Å². The van der Waals surface area contributed by atoms with Crippen molar-refractivity contribution in [1.82, 2.24) is 9.78 Å². The number of fused-ring (bicyclic) bond motifs is 2. The highest BCUT2D eigenvalue weighted by molar-refractivity contribution is 6.65. The zero-order valence-corrected chi connectivity index (χ0v) is 14.0. The first-order valence-electron chi connectivity index (χ1n) is 8.46. The molecule has 5 nitrogen and oxygen atoms in total. The maximum absolute atomic E-state index is 14.0. The monoisotopic (exact) mass is 382 g/mol. The predicted molar refractivity (Wildman–Crippen MR) is 90.9 cm³/mol. The highest BCUT2D eigenvalue weighted by Crippen LogP contribution is 2.38. The summed E-state index contributed by atoms with van der Waals surface area (Å²) < 4.78 is 61.7. The average Bonchev–Trinajstić information content (AvgIpc) is 3.02. The van der Waals surface area contributed by atoms with E-state index in [4.69, 9.17) is 4.74 Å². The van der Waals surface area contributed by atoms with Crippen LogP contribution in [0.3, 0.4) is 0 Å². The zero-order valence-electron chi connectivity index (χ0n) is 14.0. The molecule has 1 aromatic heterocycles. The Labute approximate surface area is 151 Å². The van der Waals surface area contributed by atoms with Gasteiger partial charge in [0.2, 0.25) is 0 Å². The summed E-state index contributed by atoms with van der Waals surface area (Å²) in [5.74, 6) is -1.47. The third kappa shape index (κ3) is 2.97. The molecule has 3 aromatic rings.